The number of hydrogen-bond donors (Lipinski definition) is 0. The van der Waals surface area contributed by atoms with Gasteiger partial charge >= 0.3 is 0 Å². The van der Waals surface area contributed by atoms with Crippen LogP contribution < -0.4 is 0 Å². The largest absolute Gasteiger partial charge is 0.417 e. The summed E-state index contributed by atoms with van der Waals surface area (Å²) in [7, 11) is -1.59. The first kappa shape index (κ1) is 14.2. The molecule has 0 aromatic heterocycles. The zero-order valence-corrected chi connectivity index (χ0v) is 12.8. The highest BCUT2D eigenvalue weighted by atomic mass is 79.9. The van der Waals surface area contributed by atoms with E-state index in [9.17, 15) is 0 Å². The molecule has 1 aromatic rings. The van der Waals surface area contributed by atoms with E-state index in [2.05, 4.69) is 45.6 Å². The van der Waals surface area contributed by atoms with Gasteiger partial charge in [-0.15, -0.1) is 0 Å². The van der Waals surface area contributed by atoms with Crippen molar-refractivity contribution in [3.05, 3.63) is 44.7 Å². The molecule has 4 nitrogen and oxygen atoms in total. The average Bonchev–Trinajstić information content (AvgIpc) is 2.24. The smallest absolute Gasteiger partial charge is 0.183 e. The molecule has 92 valence electrons. The van der Waals surface area contributed by atoms with Gasteiger partial charge in [-0.1, -0.05) is 33.2 Å². The highest BCUT2D eigenvalue weighted by Crippen LogP contribution is 2.22. The minimum absolute atomic E-state index is 0.250. The molecule has 0 radical (unpaired) electrons. The number of benzene rings is 1. The van der Waals surface area contributed by atoms with Crippen LogP contribution in [0.1, 0.15) is 11.6 Å². The fraction of sp³-hybridized carbons (Fsp3) is 0.455. The van der Waals surface area contributed by atoms with Crippen molar-refractivity contribution < 1.29 is 4.43 Å². The van der Waals surface area contributed by atoms with Gasteiger partial charge in [-0.05, 0) is 42.9 Å². The lowest BCUT2D eigenvalue weighted by atomic mass is 10.1. The van der Waals surface area contributed by atoms with Gasteiger partial charge < -0.3 is 4.43 Å². The fourth-order valence-electron chi connectivity index (χ4n) is 1.27. The van der Waals surface area contributed by atoms with E-state index in [1.807, 2.05) is 24.3 Å². The van der Waals surface area contributed by atoms with Crippen LogP contribution in [0.5, 0.6) is 0 Å². The Morgan fingerprint density at radius 2 is 1.94 bits per heavy atom. The third-order valence-corrected chi connectivity index (χ3v) is 3.68. The molecular formula is C11H16BrN3OSi. The van der Waals surface area contributed by atoms with E-state index >= 15 is 0 Å². The number of halogens is 1. The average molecular weight is 314 g/mol. The van der Waals surface area contributed by atoms with Gasteiger partial charge in [0, 0.05) is 16.0 Å². The molecule has 1 aromatic carbocycles. The van der Waals surface area contributed by atoms with Crippen LogP contribution in [0.2, 0.25) is 19.6 Å². The summed E-state index contributed by atoms with van der Waals surface area (Å²) in [5.74, 6) is 0. The fourth-order valence-corrected chi connectivity index (χ4v) is 2.19. The minimum atomic E-state index is -1.59. The molecule has 0 aliphatic carbocycles. The second kappa shape index (κ2) is 6.21. The lowest BCUT2D eigenvalue weighted by Gasteiger charge is -2.20. The summed E-state index contributed by atoms with van der Waals surface area (Å²) < 4.78 is 6.80. The summed E-state index contributed by atoms with van der Waals surface area (Å²) in [6, 6.07) is 7.50. The van der Waals surface area contributed by atoms with Crippen molar-refractivity contribution in [3.8, 4) is 0 Å². The Balaban J connectivity index is 2.79. The molecule has 1 rings (SSSR count). The van der Waals surface area contributed by atoms with Crippen molar-refractivity contribution in [2.75, 3.05) is 6.61 Å². The van der Waals surface area contributed by atoms with Crippen LogP contribution in [-0.2, 0) is 4.43 Å². The molecule has 0 N–H and O–H groups in total. The summed E-state index contributed by atoms with van der Waals surface area (Å²) in [4.78, 5) is 2.88. The lowest BCUT2D eigenvalue weighted by molar-refractivity contribution is 0.284. The predicted molar refractivity (Wildman–Crippen MR) is 75.3 cm³/mol. The topological polar surface area (TPSA) is 58.0 Å². The zero-order chi connectivity index (χ0) is 12.9. The molecular weight excluding hydrogens is 298 g/mol. The number of nitrogens with zero attached hydrogens (tertiary/aromatic N) is 3. The van der Waals surface area contributed by atoms with E-state index in [0.717, 1.165) is 10.0 Å². The molecule has 17 heavy (non-hydrogen) atoms. The summed E-state index contributed by atoms with van der Waals surface area (Å²) in [6.07, 6.45) is 0. The van der Waals surface area contributed by atoms with E-state index in [1.165, 1.54) is 0 Å². The minimum Gasteiger partial charge on any atom is -0.417 e. The first-order valence-corrected chi connectivity index (χ1v) is 9.56. The Morgan fingerprint density at radius 1 is 1.35 bits per heavy atom. The Labute approximate surface area is 111 Å². The summed E-state index contributed by atoms with van der Waals surface area (Å²) >= 11 is 3.38. The number of hydrogen-bond acceptors (Lipinski definition) is 2. The quantitative estimate of drug-likeness (QED) is 0.338. The van der Waals surface area contributed by atoms with Crippen LogP contribution in [0, 0.1) is 0 Å². The monoisotopic (exact) mass is 313 g/mol. The van der Waals surface area contributed by atoms with Gasteiger partial charge in [0.05, 0.1) is 6.04 Å². The molecule has 0 saturated carbocycles. The molecule has 6 heteroatoms. The highest BCUT2D eigenvalue weighted by molar-refractivity contribution is 9.10. The molecule has 0 heterocycles. The molecule has 1 atom stereocenters. The van der Waals surface area contributed by atoms with Gasteiger partial charge in [0.15, 0.2) is 8.32 Å². The Hall–Kier alpha value is -0.813. The predicted octanol–water partition coefficient (Wildman–Crippen LogP) is 4.65. The third kappa shape index (κ3) is 5.36. The first-order valence-electron chi connectivity index (χ1n) is 5.36. The van der Waals surface area contributed by atoms with Crippen LogP contribution in [0.3, 0.4) is 0 Å². The Morgan fingerprint density at radius 3 is 2.41 bits per heavy atom. The number of azide groups is 1. The second-order valence-corrected chi connectivity index (χ2v) is 10.1. The van der Waals surface area contributed by atoms with Crippen LogP contribution >= 0.6 is 15.9 Å². The van der Waals surface area contributed by atoms with E-state index in [1.54, 1.807) is 0 Å². The Bertz CT molecular complexity index is 410. The highest BCUT2D eigenvalue weighted by Gasteiger charge is 2.18. The van der Waals surface area contributed by atoms with Crippen LogP contribution in [-0.4, -0.2) is 14.9 Å². The SMILES string of the molecule is C[Si](C)(C)OCC(N=[N+]=[N-])c1ccc(Br)cc1. The van der Waals surface area contributed by atoms with Crippen molar-refractivity contribution in [1.29, 1.82) is 0 Å². The van der Waals surface area contributed by atoms with Crippen LogP contribution in [0.25, 0.3) is 10.4 Å². The maximum atomic E-state index is 8.59. The van der Waals surface area contributed by atoms with Crippen LogP contribution in [0.4, 0.5) is 0 Å². The van der Waals surface area contributed by atoms with Crippen molar-refractivity contribution in [2.45, 2.75) is 25.7 Å². The van der Waals surface area contributed by atoms with Crippen molar-refractivity contribution >= 4 is 24.2 Å². The summed E-state index contributed by atoms with van der Waals surface area (Å²) in [5, 5.41) is 3.79. The van der Waals surface area contributed by atoms with Gasteiger partial charge in [0.25, 0.3) is 0 Å². The maximum Gasteiger partial charge on any atom is 0.183 e. The molecule has 0 spiro atoms. The maximum absolute atomic E-state index is 8.59. The van der Waals surface area contributed by atoms with E-state index in [0.29, 0.717) is 6.61 Å². The molecule has 0 saturated heterocycles. The van der Waals surface area contributed by atoms with E-state index in [4.69, 9.17) is 9.96 Å². The molecule has 0 aliphatic rings. The van der Waals surface area contributed by atoms with Gasteiger partial charge in [0.2, 0.25) is 0 Å². The standard InChI is InChI=1S/C11H16BrN3OSi/c1-17(2,3)16-8-11(14-15-13)9-4-6-10(12)7-5-9/h4-7,11H,8H2,1-3H3. The molecule has 0 amide bonds. The first-order chi connectivity index (χ1) is 7.92. The van der Waals surface area contributed by atoms with Crippen LogP contribution in [0.15, 0.2) is 33.9 Å². The second-order valence-electron chi connectivity index (χ2n) is 4.70. The molecule has 0 fully saturated rings. The third-order valence-electron chi connectivity index (χ3n) is 2.12. The lowest BCUT2D eigenvalue weighted by Crippen LogP contribution is -2.27. The summed E-state index contributed by atoms with van der Waals surface area (Å²) in [6.45, 7) is 6.78. The molecule has 0 aliphatic heterocycles. The Kier molecular flexibility index (Phi) is 5.20. The molecule has 1 unspecified atom stereocenters. The van der Waals surface area contributed by atoms with Gasteiger partial charge in [-0.3, -0.25) is 0 Å². The zero-order valence-electron chi connectivity index (χ0n) is 10.2. The van der Waals surface area contributed by atoms with E-state index < -0.39 is 8.32 Å². The van der Waals surface area contributed by atoms with Crippen molar-refractivity contribution in [2.24, 2.45) is 5.11 Å². The van der Waals surface area contributed by atoms with E-state index in [-0.39, 0.29) is 6.04 Å². The van der Waals surface area contributed by atoms with Gasteiger partial charge in [-0.2, -0.15) is 0 Å². The van der Waals surface area contributed by atoms with Gasteiger partial charge in [-0.25, -0.2) is 0 Å². The molecule has 0 bridgehead atoms. The van der Waals surface area contributed by atoms with Crippen molar-refractivity contribution in [3.63, 3.8) is 0 Å². The van der Waals surface area contributed by atoms with Crippen molar-refractivity contribution in [1.82, 2.24) is 0 Å². The summed E-state index contributed by atoms with van der Waals surface area (Å²) in [5.41, 5.74) is 9.56. The van der Waals surface area contributed by atoms with Gasteiger partial charge in [0.1, 0.15) is 0 Å². The normalized spacial score (nSPS) is 12.9. The number of rotatable bonds is 5.